The summed E-state index contributed by atoms with van der Waals surface area (Å²) in [6, 6.07) is 8.77. The monoisotopic (exact) mass is 373 g/mol. The van der Waals surface area contributed by atoms with Gasteiger partial charge < -0.3 is 4.90 Å². The first-order valence-electron chi connectivity index (χ1n) is 9.41. The molecule has 2 aromatic rings. The molecule has 6 nitrogen and oxygen atoms in total. The first-order valence-corrected chi connectivity index (χ1v) is 10.4. The van der Waals surface area contributed by atoms with E-state index in [1.54, 1.807) is 0 Å². The Morgan fingerprint density at radius 3 is 2.69 bits per heavy atom. The second-order valence-corrected chi connectivity index (χ2v) is 7.88. The molecule has 0 bridgehead atoms. The van der Waals surface area contributed by atoms with Crippen LogP contribution in [0.2, 0.25) is 0 Å². The smallest absolute Gasteiger partial charge is 0.233 e. The van der Waals surface area contributed by atoms with Crippen LogP contribution in [0.5, 0.6) is 0 Å². The lowest BCUT2D eigenvalue weighted by atomic mass is 10.1. The maximum absolute atomic E-state index is 12.8. The molecule has 3 rings (SSSR count). The predicted molar refractivity (Wildman–Crippen MR) is 103 cm³/mol. The maximum Gasteiger partial charge on any atom is 0.233 e. The molecular formula is C19H27N5OS. The molecule has 0 N–H and O–H groups in total. The van der Waals surface area contributed by atoms with Crippen molar-refractivity contribution in [1.82, 2.24) is 25.1 Å². The number of carbonyl (C=O) groups excluding carboxylic acids is 1. The molecule has 1 aliphatic rings. The van der Waals surface area contributed by atoms with Gasteiger partial charge in [-0.05, 0) is 42.2 Å². The number of benzene rings is 1. The topological polar surface area (TPSA) is 63.9 Å². The summed E-state index contributed by atoms with van der Waals surface area (Å²) in [6.07, 6.45) is 5.66. The van der Waals surface area contributed by atoms with Crippen molar-refractivity contribution in [3.05, 3.63) is 35.4 Å². The van der Waals surface area contributed by atoms with Crippen LogP contribution < -0.4 is 0 Å². The van der Waals surface area contributed by atoms with Gasteiger partial charge in [0.25, 0.3) is 0 Å². The Hall–Kier alpha value is -1.89. The summed E-state index contributed by atoms with van der Waals surface area (Å²) in [5, 5.41) is 12.8. The largest absolute Gasteiger partial charge is 0.338 e. The van der Waals surface area contributed by atoms with Gasteiger partial charge in [-0.15, -0.1) is 5.10 Å². The summed E-state index contributed by atoms with van der Waals surface area (Å²) in [6.45, 7) is 5.59. The van der Waals surface area contributed by atoms with Gasteiger partial charge in [0.1, 0.15) is 0 Å². The van der Waals surface area contributed by atoms with E-state index in [0.29, 0.717) is 18.3 Å². The van der Waals surface area contributed by atoms with Gasteiger partial charge in [-0.2, -0.15) is 0 Å². The van der Waals surface area contributed by atoms with Crippen LogP contribution in [0.1, 0.15) is 56.2 Å². The number of rotatable bonds is 8. The minimum Gasteiger partial charge on any atom is -0.338 e. The SMILES string of the molecule is CCCN(Cc1ccc(C)cc1)C(=O)CSc1nnnn1C1CCCC1. The zero-order valence-corrected chi connectivity index (χ0v) is 16.4. The third kappa shape index (κ3) is 4.84. The Bertz CT molecular complexity index is 709. The number of hydrogen-bond acceptors (Lipinski definition) is 5. The Morgan fingerprint density at radius 2 is 2.00 bits per heavy atom. The number of aromatic nitrogens is 4. The summed E-state index contributed by atoms with van der Waals surface area (Å²) >= 11 is 1.45. The molecule has 1 aliphatic carbocycles. The van der Waals surface area contributed by atoms with Crippen LogP contribution in [-0.4, -0.2) is 43.3 Å². The van der Waals surface area contributed by atoms with Crippen LogP contribution >= 0.6 is 11.8 Å². The summed E-state index contributed by atoms with van der Waals surface area (Å²) < 4.78 is 1.91. The fourth-order valence-corrected chi connectivity index (χ4v) is 4.20. The third-order valence-electron chi connectivity index (χ3n) is 4.80. The normalized spacial score (nSPS) is 14.7. The zero-order chi connectivity index (χ0) is 18.4. The summed E-state index contributed by atoms with van der Waals surface area (Å²) in [7, 11) is 0. The van der Waals surface area contributed by atoms with Gasteiger partial charge >= 0.3 is 0 Å². The molecule has 1 amide bonds. The van der Waals surface area contributed by atoms with Gasteiger partial charge in [0.15, 0.2) is 0 Å². The van der Waals surface area contributed by atoms with E-state index in [9.17, 15) is 4.79 Å². The molecule has 1 heterocycles. The van der Waals surface area contributed by atoms with Gasteiger partial charge in [0.05, 0.1) is 11.8 Å². The molecule has 0 spiro atoms. The highest BCUT2D eigenvalue weighted by molar-refractivity contribution is 7.99. The zero-order valence-electron chi connectivity index (χ0n) is 15.6. The molecule has 140 valence electrons. The quantitative estimate of drug-likeness (QED) is 0.661. The van der Waals surface area contributed by atoms with Gasteiger partial charge in [-0.3, -0.25) is 4.79 Å². The highest BCUT2D eigenvalue weighted by atomic mass is 32.2. The van der Waals surface area contributed by atoms with E-state index in [2.05, 4.69) is 53.6 Å². The van der Waals surface area contributed by atoms with E-state index < -0.39 is 0 Å². The van der Waals surface area contributed by atoms with Crippen molar-refractivity contribution in [2.45, 2.75) is 63.7 Å². The lowest BCUT2D eigenvalue weighted by Gasteiger charge is -2.22. The Balaban J connectivity index is 1.59. The lowest BCUT2D eigenvalue weighted by Crippen LogP contribution is -2.32. The minimum atomic E-state index is 0.137. The van der Waals surface area contributed by atoms with Crippen molar-refractivity contribution in [3.63, 3.8) is 0 Å². The first kappa shape index (κ1) is 18.9. The Morgan fingerprint density at radius 1 is 1.27 bits per heavy atom. The van der Waals surface area contributed by atoms with Gasteiger partial charge in [-0.25, -0.2) is 4.68 Å². The number of tetrazole rings is 1. The lowest BCUT2D eigenvalue weighted by molar-refractivity contribution is -0.129. The highest BCUT2D eigenvalue weighted by Gasteiger charge is 2.23. The molecule has 0 unspecified atom stereocenters. The van der Waals surface area contributed by atoms with Gasteiger partial charge in [0.2, 0.25) is 11.1 Å². The molecule has 1 fully saturated rings. The number of carbonyl (C=O) groups is 1. The average molecular weight is 374 g/mol. The van der Waals surface area contributed by atoms with Crippen LogP contribution in [0.4, 0.5) is 0 Å². The molecule has 0 aliphatic heterocycles. The van der Waals surface area contributed by atoms with E-state index in [1.807, 2.05) is 9.58 Å². The molecule has 1 aromatic heterocycles. The highest BCUT2D eigenvalue weighted by Crippen LogP contribution is 2.31. The number of aryl methyl sites for hydroxylation is 1. The minimum absolute atomic E-state index is 0.137. The molecule has 26 heavy (non-hydrogen) atoms. The fraction of sp³-hybridized carbons (Fsp3) is 0.579. The predicted octanol–water partition coefficient (Wildman–Crippen LogP) is 3.63. The Labute approximate surface area is 159 Å². The van der Waals surface area contributed by atoms with E-state index in [-0.39, 0.29) is 5.91 Å². The molecular weight excluding hydrogens is 346 g/mol. The second-order valence-electron chi connectivity index (χ2n) is 6.93. The van der Waals surface area contributed by atoms with Crippen molar-refractivity contribution >= 4 is 17.7 Å². The standard InChI is InChI=1S/C19H27N5OS/c1-3-12-23(13-16-10-8-15(2)9-11-16)18(25)14-26-19-20-21-22-24(19)17-6-4-5-7-17/h8-11,17H,3-7,12-14H2,1-2H3. The van der Waals surface area contributed by atoms with Crippen LogP contribution in [0, 0.1) is 6.92 Å². The van der Waals surface area contributed by atoms with E-state index in [1.165, 1.54) is 30.2 Å². The molecule has 0 atom stereocenters. The van der Waals surface area contributed by atoms with Crippen molar-refractivity contribution in [1.29, 1.82) is 0 Å². The number of amides is 1. The number of hydrogen-bond donors (Lipinski definition) is 0. The second kappa shape index (κ2) is 9.16. The first-order chi connectivity index (χ1) is 12.7. The summed E-state index contributed by atoms with van der Waals surface area (Å²) in [4.78, 5) is 14.7. The van der Waals surface area contributed by atoms with Gasteiger partial charge in [0, 0.05) is 13.1 Å². The fourth-order valence-electron chi connectivity index (χ4n) is 3.35. The molecule has 0 radical (unpaired) electrons. The average Bonchev–Trinajstić information content (AvgIpc) is 3.32. The number of nitrogens with zero attached hydrogens (tertiary/aromatic N) is 5. The van der Waals surface area contributed by atoms with Crippen molar-refractivity contribution < 1.29 is 4.79 Å². The van der Waals surface area contributed by atoms with Gasteiger partial charge in [-0.1, -0.05) is 61.4 Å². The van der Waals surface area contributed by atoms with Crippen LogP contribution in [0.3, 0.4) is 0 Å². The number of thioether (sulfide) groups is 1. The summed E-state index contributed by atoms with van der Waals surface area (Å²) in [5.41, 5.74) is 2.40. The van der Waals surface area contributed by atoms with E-state index in [4.69, 9.17) is 0 Å². The molecule has 7 heteroatoms. The third-order valence-corrected chi connectivity index (χ3v) is 5.72. The molecule has 1 saturated carbocycles. The maximum atomic E-state index is 12.8. The van der Waals surface area contributed by atoms with Crippen LogP contribution in [-0.2, 0) is 11.3 Å². The Kier molecular flexibility index (Phi) is 6.66. The molecule has 1 aromatic carbocycles. The van der Waals surface area contributed by atoms with Crippen molar-refractivity contribution in [2.24, 2.45) is 0 Å². The summed E-state index contributed by atoms with van der Waals surface area (Å²) in [5.74, 6) is 0.511. The van der Waals surface area contributed by atoms with Crippen LogP contribution in [0.15, 0.2) is 29.4 Å². The molecule has 0 saturated heterocycles. The van der Waals surface area contributed by atoms with Crippen molar-refractivity contribution in [3.8, 4) is 0 Å². The van der Waals surface area contributed by atoms with E-state index >= 15 is 0 Å². The van der Waals surface area contributed by atoms with Crippen LogP contribution in [0.25, 0.3) is 0 Å². The van der Waals surface area contributed by atoms with E-state index in [0.717, 1.165) is 36.5 Å². The van der Waals surface area contributed by atoms with Crippen molar-refractivity contribution in [2.75, 3.05) is 12.3 Å².